The fourth-order valence-corrected chi connectivity index (χ4v) is 1.30. The second-order valence-electron chi connectivity index (χ2n) is 2.84. The molecule has 0 aliphatic rings. The Balaban J connectivity index is 2.59. The van der Waals surface area contributed by atoms with Crippen LogP contribution in [0.4, 0.5) is 14.6 Å². The SMILES string of the molecule is Nc1cc(-c2ccc(F)c(Cl)c2F)on1. The maximum absolute atomic E-state index is 13.5. The van der Waals surface area contributed by atoms with Gasteiger partial charge in [-0.2, -0.15) is 0 Å². The van der Waals surface area contributed by atoms with Crippen molar-refractivity contribution in [2.45, 2.75) is 0 Å². The van der Waals surface area contributed by atoms with Crippen LogP contribution in [0, 0.1) is 11.6 Å². The molecule has 2 rings (SSSR count). The smallest absolute Gasteiger partial charge is 0.172 e. The maximum Gasteiger partial charge on any atom is 0.172 e. The number of hydrogen-bond acceptors (Lipinski definition) is 3. The van der Waals surface area contributed by atoms with Crippen molar-refractivity contribution >= 4 is 17.4 Å². The second kappa shape index (κ2) is 3.51. The molecule has 0 bridgehead atoms. The first-order chi connectivity index (χ1) is 7.09. The van der Waals surface area contributed by atoms with Crippen LogP contribution in [0.3, 0.4) is 0 Å². The molecule has 1 heterocycles. The van der Waals surface area contributed by atoms with Gasteiger partial charge in [-0.3, -0.25) is 0 Å². The number of aromatic nitrogens is 1. The van der Waals surface area contributed by atoms with Crippen LogP contribution in [0.5, 0.6) is 0 Å². The van der Waals surface area contributed by atoms with Crippen LogP contribution < -0.4 is 5.73 Å². The van der Waals surface area contributed by atoms with Gasteiger partial charge >= 0.3 is 0 Å². The molecule has 2 aromatic rings. The Morgan fingerprint density at radius 2 is 2.07 bits per heavy atom. The highest BCUT2D eigenvalue weighted by Gasteiger charge is 2.16. The van der Waals surface area contributed by atoms with Crippen LogP contribution in [0.15, 0.2) is 22.7 Å². The minimum atomic E-state index is -0.896. The van der Waals surface area contributed by atoms with Crippen LogP contribution in [0.2, 0.25) is 5.02 Å². The zero-order valence-electron chi connectivity index (χ0n) is 7.30. The highest BCUT2D eigenvalue weighted by molar-refractivity contribution is 6.31. The van der Waals surface area contributed by atoms with Crippen molar-refractivity contribution in [1.82, 2.24) is 5.16 Å². The third-order valence-corrected chi connectivity index (χ3v) is 2.18. The average molecular weight is 231 g/mol. The van der Waals surface area contributed by atoms with Gasteiger partial charge in [-0.1, -0.05) is 16.8 Å². The summed E-state index contributed by atoms with van der Waals surface area (Å²) in [5.74, 6) is -1.50. The predicted molar refractivity (Wildman–Crippen MR) is 51.3 cm³/mol. The highest BCUT2D eigenvalue weighted by Crippen LogP contribution is 2.30. The molecular weight excluding hydrogens is 226 g/mol. The lowest BCUT2D eigenvalue weighted by Crippen LogP contribution is -1.88. The number of benzene rings is 1. The Morgan fingerprint density at radius 1 is 1.33 bits per heavy atom. The van der Waals surface area contributed by atoms with E-state index < -0.39 is 16.7 Å². The van der Waals surface area contributed by atoms with Crippen molar-refractivity contribution in [2.75, 3.05) is 5.73 Å². The molecule has 6 heteroatoms. The number of halogens is 3. The molecule has 0 spiro atoms. The van der Waals surface area contributed by atoms with Gasteiger partial charge in [-0.05, 0) is 12.1 Å². The summed E-state index contributed by atoms with van der Waals surface area (Å²) in [6.07, 6.45) is 0. The Kier molecular flexibility index (Phi) is 2.32. The molecule has 0 unspecified atom stereocenters. The van der Waals surface area contributed by atoms with Gasteiger partial charge in [0.1, 0.15) is 10.8 Å². The zero-order valence-corrected chi connectivity index (χ0v) is 8.05. The Morgan fingerprint density at radius 3 is 2.67 bits per heavy atom. The summed E-state index contributed by atoms with van der Waals surface area (Å²) < 4.78 is 31.0. The summed E-state index contributed by atoms with van der Waals surface area (Å²) in [6.45, 7) is 0. The van der Waals surface area contributed by atoms with Crippen molar-refractivity contribution in [3.05, 3.63) is 34.9 Å². The molecule has 0 atom stereocenters. The van der Waals surface area contributed by atoms with Crippen molar-refractivity contribution in [1.29, 1.82) is 0 Å². The van der Waals surface area contributed by atoms with Gasteiger partial charge in [-0.15, -0.1) is 0 Å². The van der Waals surface area contributed by atoms with Gasteiger partial charge in [0, 0.05) is 6.07 Å². The molecule has 1 aromatic carbocycles. The molecule has 78 valence electrons. The predicted octanol–water partition coefficient (Wildman–Crippen LogP) is 2.86. The van der Waals surface area contributed by atoms with Crippen molar-refractivity contribution in [3.63, 3.8) is 0 Å². The minimum absolute atomic E-state index is 0.0191. The van der Waals surface area contributed by atoms with Gasteiger partial charge < -0.3 is 10.3 Å². The first-order valence-corrected chi connectivity index (χ1v) is 4.33. The molecular formula is C9H5ClF2N2O. The fourth-order valence-electron chi connectivity index (χ4n) is 1.13. The zero-order chi connectivity index (χ0) is 11.0. The summed E-state index contributed by atoms with van der Waals surface area (Å²) in [5.41, 5.74) is 5.32. The van der Waals surface area contributed by atoms with E-state index in [4.69, 9.17) is 21.9 Å². The summed E-state index contributed by atoms with van der Waals surface area (Å²) in [4.78, 5) is 0. The van der Waals surface area contributed by atoms with Crippen LogP contribution in [0.1, 0.15) is 0 Å². The Bertz CT molecular complexity index is 513. The molecule has 15 heavy (non-hydrogen) atoms. The first kappa shape index (κ1) is 9.92. The fraction of sp³-hybridized carbons (Fsp3) is 0. The van der Waals surface area contributed by atoms with E-state index in [9.17, 15) is 8.78 Å². The van der Waals surface area contributed by atoms with Gasteiger partial charge in [-0.25, -0.2) is 8.78 Å². The quantitative estimate of drug-likeness (QED) is 0.767. The Hall–Kier alpha value is -1.62. The van der Waals surface area contributed by atoms with E-state index in [-0.39, 0.29) is 17.1 Å². The molecule has 0 saturated heterocycles. The lowest BCUT2D eigenvalue weighted by molar-refractivity contribution is 0.433. The van der Waals surface area contributed by atoms with Gasteiger partial charge in [0.2, 0.25) is 0 Å². The summed E-state index contributed by atoms with van der Waals surface area (Å²) in [6, 6.07) is 3.57. The number of rotatable bonds is 1. The van der Waals surface area contributed by atoms with Crippen molar-refractivity contribution in [3.8, 4) is 11.3 Å². The lowest BCUT2D eigenvalue weighted by atomic mass is 10.1. The molecule has 0 aliphatic carbocycles. The van der Waals surface area contributed by atoms with E-state index in [2.05, 4.69) is 5.16 Å². The third-order valence-electron chi connectivity index (χ3n) is 1.83. The van der Waals surface area contributed by atoms with Gasteiger partial charge in [0.05, 0.1) is 5.56 Å². The Labute approximate surface area is 88.4 Å². The van der Waals surface area contributed by atoms with Gasteiger partial charge in [0.15, 0.2) is 17.4 Å². The molecule has 1 aromatic heterocycles. The molecule has 0 fully saturated rings. The van der Waals surface area contributed by atoms with Gasteiger partial charge in [0.25, 0.3) is 0 Å². The van der Waals surface area contributed by atoms with E-state index >= 15 is 0 Å². The number of hydrogen-bond donors (Lipinski definition) is 1. The van der Waals surface area contributed by atoms with Crippen LogP contribution in [0.25, 0.3) is 11.3 Å². The summed E-state index contributed by atoms with van der Waals surface area (Å²) in [5, 5.41) is 2.80. The van der Waals surface area contributed by atoms with E-state index in [0.29, 0.717) is 0 Å². The van der Waals surface area contributed by atoms with Crippen LogP contribution in [-0.2, 0) is 0 Å². The van der Waals surface area contributed by atoms with Crippen LogP contribution in [-0.4, -0.2) is 5.16 Å². The van der Waals surface area contributed by atoms with E-state index in [1.165, 1.54) is 12.1 Å². The third kappa shape index (κ3) is 1.66. The maximum atomic E-state index is 13.5. The van der Waals surface area contributed by atoms with Crippen molar-refractivity contribution in [2.24, 2.45) is 0 Å². The second-order valence-corrected chi connectivity index (χ2v) is 3.22. The van der Waals surface area contributed by atoms with E-state index in [0.717, 1.165) is 6.07 Å². The molecule has 0 saturated carbocycles. The standard InChI is InChI=1S/C9H5ClF2N2O/c10-8-5(11)2-1-4(9(8)12)6-3-7(13)14-15-6/h1-3H,(H2,13,14). The monoisotopic (exact) mass is 230 g/mol. The minimum Gasteiger partial charge on any atom is -0.381 e. The topological polar surface area (TPSA) is 52.0 Å². The average Bonchev–Trinajstić information content (AvgIpc) is 2.61. The molecule has 0 amide bonds. The number of nitrogens with zero attached hydrogens (tertiary/aromatic N) is 1. The highest BCUT2D eigenvalue weighted by atomic mass is 35.5. The van der Waals surface area contributed by atoms with E-state index in [1.807, 2.05) is 0 Å². The molecule has 3 nitrogen and oxygen atoms in total. The molecule has 2 N–H and O–H groups in total. The lowest BCUT2D eigenvalue weighted by Gasteiger charge is -2.00. The molecule has 0 aliphatic heterocycles. The number of nitrogens with two attached hydrogens (primary N) is 1. The summed E-state index contributed by atoms with van der Waals surface area (Å²) >= 11 is 5.40. The van der Waals surface area contributed by atoms with Crippen LogP contribution >= 0.6 is 11.6 Å². The van der Waals surface area contributed by atoms with Crippen molar-refractivity contribution < 1.29 is 13.3 Å². The molecule has 0 radical (unpaired) electrons. The number of anilines is 1. The summed E-state index contributed by atoms with van der Waals surface area (Å²) in [7, 11) is 0. The van der Waals surface area contributed by atoms with E-state index in [1.54, 1.807) is 0 Å². The normalized spacial score (nSPS) is 10.6. The largest absolute Gasteiger partial charge is 0.381 e. The number of nitrogen functional groups attached to an aromatic ring is 1. The first-order valence-electron chi connectivity index (χ1n) is 3.95.